The van der Waals surface area contributed by atoms with Crippen molar-refractivity contribution in [1.29, 1.82) is 5.26 Å². The van der Waals surface area contributed by atoms with E-state index >= 15 is 0 Å². The van der Waals surface area contributed by atoms with Crippen molar-refractivity contribution in [2.75, 3.05) is 0 Å². The number of carbonyl (C=O) groups is 1. The quantitative estimate of drug-likeness (QED) is 0.611. The summed E-state index contributed by atoms with van der Waals surface area (Å²) in [4.78, 5) is 11.1. The molecule has 0 radical (unpaired) electrons. The molecule has 4 N–H and O–H groups in total. The SMILES string of the molecule is N#CC(O[C@H]1OC(C(=O)O)[C@H](O)C(O)[C@H]1O)c1ccc2ccccc2c1. The predicted molar refractivity (Wildman–Crippen MR) is 87.7 cm³/mol. The molecule has 0 saturated carbocycles. The highest BCUT2D eigenvalue weighted by atomic mass is 16.7. The number of fused-ring (bicyclic) bond motifs is 1. The van der Waals surface area contributed by atoms with E-state index in [-0.39, 0.29) is 0 Å². The Bertz CT molecular complexity index is 849. The third kappa shape index (κ3) is 3.39. The van der Waals surface area contributed by atoms with Gasteiger partial charge in [0.2, 0.25) is 0 Å². The number of carboxylic acid groups (broad SMARTS) is 1. The molecule has 3 unspecified atom stereocenters. The van der Waals surface area contributed by atoms with Crippen molar-refractivity contribution in [2.24, 2.45) is 0 Å². The van der Waals surface area contributed by atoms with Crippen LogP contribution in [-0.2, 0) is 14.3 Å². The summed E-state index contributed by atoms with van der Waals surface area (Å²) in [6.45, 7) is 0. The molecular weight excluding hydrogens is 342 g/mol. The number of carboxylic acids is 1. The largest absolute Gasteiger partial charge is 0.479 e. The summed E-state index contributed by atoms with van der Waals surface area (Å²) in [7, 11) is 0. The van der Waals surface area contributed by atoms with E-state index in [1.165, 1.54) is 0 Å². The first-order valence-electron chi connectivity index (χ1n) is 7.88. The van der Waals surface area contributed by atoms with Crippen LogP contribution in [0.5, 0.6) is 0 Å². The van der Waals surface area contributed by atoms with Crippen LogP contribution in [0.2, 0.25) is 0 Å². The lowest BCUT2D eigenvalue weighted by Gasteiger charge is -2.39. The van der Waals surface area contributed by atoms with Gasteiger partial charge in [0.1, 0.15) is 18.3 Å². The molecular formula is C18H17NO7. The second-order valence-corrected chi connectivity index (χ2v) is 5.99. The van der Waals surface area contributed by atoms with E-state index in [0.717, 1.165) is 10.8 Å². The summed E-state index contributed by atoms with van der Waals surface area (Å²) in [5.74, 6) is -1.52. The molecule has 0 bridgehead atoms. The lowest BCUT2D eigenvalue weighted by atomic mass is 9.98. The lowest BCUT2D eigenvalue weighted by molar-refractivity contribution is -0.300. The van der Waals surface area contributed by atoms with Crippen LogP contribution in [0.1, 0.15) is 11.7 Å². The number of benzene rings is 2. The Morgan fingerprint density at radius 2 is 1.77 bits per heavy atom. The summed E-state index contributed by atoms with van der Waals surface area (Å²) < 4.78 is 10.5. The van der Waals surface area contributed by atoms with E-state index in [4.69, 9.17) is 14.6 Å². The van der Waals surface area contributed by atoms with E-state index in [0.29, 0.717) is 5.56 Å². The highest BCUT2D eigenvalue weighted by molar-refractivity contribution is 5.83. The zero-order valence-electron chi connectivity index (χ0n) is 13.5. The minimum atomic E-state index is -1.82. The Balaban J connectivity index is 1.84. The molecule has 0 spiro atoms. The first-order chi connectivity index (χ1) is 12.4. The van der Waals surface area contributed by atoms with Gasteiger partial charge in [0.05, 0.1) is 6.07 Å². The number of rotatable bonds is 4. The molecule has 136 valence electrons. The molecule has 8 heteroatoms. The van der Waals surface area contributed by atoms with E-state index in [1.807, 2.05) is 30.3 Å². The molecule has 1 aliphatic rings. The topological polar surface area (TPSA) is 140 Å². The van der Waals surface area contributed by atoms with Crippen molar-refractivity contribution in [1.82, 2.24) is 0 Å². The molecule has 2 aromatic rings. The fourth-order valence-electron chi connectivity index (χ4n) is 2.85. The van der Waals surface area contributed by atoms with Crippen LogP contribution < -0.4 is 0 Å². The van der Waals surface area contributed by atoms with Crippen molar-refractivity contribution in [2.45, 2.75) is 36.8 Å². The highest BCUT2D eigenvalue weighted by Gasteiger charge is 2.48. The summed E-state index contributed by atoms with van der Waals surface area (Å²) >= 11 is 0. The third-order valence-electron chi connectivity index (χ3n) is 4.28. The first-order valence-corrected chi connectivity index (χ1v) is 7.88. The highest BCUT2D eigenvalue weighted by Crippen LogP contribution is 2.29. The fraction of sp³-hybridized carbons (Fsp3) is 0.333. The molecule has 2 aromatic carbocycles. The van der Waals surface area contributed by atoms with Crippen LogP contribution in [0.4, 0.5) is 0 Å². The Hall–Kier alpha value is -2.54. The zero-order valence-corrected chi connectivity index (χ0v) is 13.5. The molecule has 0 aliphatic carbocycles. The van der Waals surface area contributed by atoms with Crippen LogP contribution >= 0.6 is 0 Å². The van der Waals surface area contributed by atoms with Gasteiger partial charge in [0.15, 0.2) is 18.5 Å². The Kier molecular flexibility index (Phi) is 5.18. The van der Waals surface area contributed by atoms with Crippen LogP contribution in [0, 0.1) is 11.3 Å². The summed E-state index contributed by atoms with van der Waals surface area (Å²) in [6, 6.07) is 14.6. The van der Waals surface area contributed by atoms with Gasteiger partial charge < -0.3 is 29.9 Å². The van der Waals surface area contributed by atoms with Crippen molar-refractivity contribution in [3.05, 3.63) is 48.0 Å². The standard InChI is InChI=1S/C18H17NO7/c19-8-12(11-6-5-9-3-1-2-4-10(9)7-11)25-18-15(22)13(20)14(21)16(26-18)17(23)24/h1-7,12-16,18,20-22H,(H,23,24)/t12?,13?,14-,15-,16?,18+/m1/s1. The average Bonchev–Trinajstić information content (AvgIpc) is 2.65. The molecule has 0 aromatic heterocycles. The maximum atomic E-state index is 11.1. The molecule has 1 saturated heterocycles. The van der Waals surface area contributed by atoms with Crippen LogP contribution in [0.25, 0.3) is 10.8 Å². The summed E-state index contributed by atoms with van der Waals surface area (Å²) in [6.07, 6.45) is -9.86. The van der Waals surface area contributed by atoms with Gasteiger partial charge in [0, 0.05) is 0 Å². The van der Waals surface area contributed by atoms with Crippen molar-refractivity contribution < 1.29 is 34.7 Å². The van der Waals surface area contributed by atoms with E-state index in [2.05, 4.69) is 0 Å². The van der Waals surface area contributed by atoms with Crippen LogP contribution in [-0.4, -0.2) is 57.1 Å². The minimum absolute atomic E-state index is 0.481. The molecule has 1 aliphatic heterocycles. The molecule has 26 heavy (non-hydrogen) atoms. The van der Waals surface area contributed by atoms with Gasteiger partial charge in [-0.1, -0.05) is 36.4 Å². The summed E-state index contributed by atoms with van der Waals surface area (Å²) in [5.41, 5.74) is 0.481. The Morgan fingerprint density at radius 3 is 2.42 bits per heavy atom. The molecule has 1 fully saturated rings. The van der Waals surface area contributed by atoms with Crippen LogP contribution in [0.3, 0.4) is 0 Å². The van der Waals surface area contributed by atoms with E-state index < -0.39 is 42.8 Å². The lowest BCUT2D eigenvalue weighted by Crippen LogP contribution is -2.60. The monoisotopic (exact) mass is 359 g/mol. The number of hydrogen-bond donors (Lipinski definition) is 4. The Labute approximate surface area is 148 Å². The maximum absolute atomic E-state index is 11.1. The second-order valence-electron chi connectivity index (χ2n) is 5.99. The van der Waals surface area contributed by atoms with Gasteiger partial charge in [-0.05, 0) is 22.4 Å². The maximum Gasteiger partial charge on any atom is 0.335 e. The molecule has 8 nitrogen and oxygen atoms in total. The number of aliphatic carboxylic acids is 1. The van der Waals surface area contributed by atoms with Gasteiger partial charge in [-0.3, -0.25) is 0 Å². The van der Waals surface area contributed by atoms with Gasteiger partial charge >= 0.3 is 5.97 Å². The van der Waals surface area contributed by atoms with Gasteiger partial charge in [0.25, 0.3) is 0 Å². The van der Waals surface area contributed by atoms with Gasteiger partial charge in [-0.25, -0.2) is 4.79 Å². The van der Waals surface area contributed by atoms with Crippen LogP contribution in [0.15, 0.2) is 42.5 Å². The number of ether oxygens (including phenoxy) is 2. The number of nitrogens with zero attached hydrogens (tertiary/aromatic N) is 1. The molecule has 1 heterocycles. The average molecular weight is 359 g/mol. The zero-order chi connectivity index (χ0) is 18.8. The molecule has 3 rings (SSSR count). The fourth-order valence-corrected chi connectivity index (χ4v) is 2.85. The van der Waals surface area contributed by atoms with Crippen molar-refractivity contribution in [3.8, 4) is 6.07 Å². The first kappa shape index (κ1) is 18.3. The molecule has 6 atom stereocenters. The van der Waals surface area contributed by atoms with Crippen molar-refractivity contribution in [3.63, 3.8) is 0 Å². The van der Waals surface area contributed by atoms with E-state index in [1.54, 1.807) is 18.2 Å². The number of aliphatic hydroxyl groups is 3. The van der Waals surface area contributed by atoms with Gasteiger partial charge in [-0.2, -0.15) is 5.26 Å². The predicted octanol–water partition coefficient (Wildman–Crippen LogP) is 0.313. The smallest absolute Gasteiger partial charge is 0.335 e. The number of hydrogen-bond acceptors (Lipinski definition) is 7. The second kappa shape index (κ2) is 7.37. The van der Waals surface area contributed by atoms with Gasteiger partial charge in [-0.15, -0.1) is 0 Å². The number of nitriles is 1. The number of aliphatic hydroxyl groups excluding tert-OH is 3. The molecule has 0 amide bonds. The normalized spacial score (nSPS) is 29.8. The Morgan fingerprint density at radius 1 is 1.08 bits per heavy atom. The van der Waals surface area contributed by atoms with Crippen molar-refractivity contribution >= 4 is 16.7 Å². The van der Waals surface area contributed by atoms with E-state index in [9.17, 15) is 25.4 Å². The summed E-state index contributed by atoms with van der Waals surface area (Å²) in [5, 5.41) is 49.8. The third-order valence-corrected chi connectivity index (χ3v) is 4.28. The minimum Gasteiger partial charge on any atom is -0.479 e.